The molecule has 3 rings (SSSR count). The first-order valence-electron chi connectivity index (χ1n) is 8.59. The van der Waals surface area contributed by atoms with Gasteiger partial charge in [-0.3, -0.25) is 9.78 Å². The molecule has 1 heterocycles. The van der Waals surface area contributed by atoms with E-state index in [4.69, 9.17) is 16.3 Å². The standard InChI is InChI=1S/C20H18ClF3N2O2/c1-28-19(17-16(21)3-2-12-25-17)10-8-13(9-11-19)18(27)26-15-6-4-14(5-7-15)20(22,23)24/h2-8,12H,9-11H2,1H3,(H,26,27). The number of nitrogens with zero attached hydrogens (tertiary/aromatic N) is 1. The van der Waals surface area contributed by atoms with E-state index in [0.717, 1.165) is 12.1 Å². The highest BCUT2D eigenvalue weighted by Gasteiger charge is 2.38. The lowest BCUT2D eigenvalue weighted by Crippen LogP contribution is -2.33. The number of pyridine rings is 1. The Morgan fingerprint density at radius 1 is 1.25 bits per heavy atom. The van der Waals surface area contributed by atoms with Gasteiger partial charge in [-0.25, -0.2) is 0 Å². The molecule has 0 saturated carbocycles. The van der Waals surface area contributed by atoms with Crippen LogP contribution >= 0.6 is 11.6 Å². The molecule has 1 unspecified atom stereocenters. The van der Waals surface area contributed by atoms with Crippen LogP contribution in [-0.2, 0) is 21.3 Å². The van der Waals surface area contributed by atoms with Gasteiger partial charge in [-0.2, -0.15) is 13.2 Å². The van der Waals surface area contributed by atoms with Crippen LogP contribution in [0.2, 0.25) is 5.02 Å². The van der Waals surface area contributed by atoms with Crippen LogP contribution in [0.3, 0.4) is 0 Å². The number of nitrogens with one attached hydrogen (secondary N) is 1. The molecule has 1 N–H and O–H groups in total. The van der Waals surface area contributed by atoms with Gasteiger partial charge in [0.15, 0.2) is 0 Å². The first kappa shape index (κ1) is 20.4. The molecule has 1 aliphatic carbocycles. The lowest BCUT2D eigenvalue weighted by atomic mass is 9.82. The van der Waals surface area contributed by atoms with E-state index >= 15 is 0 Å². The summed E-state index contributed by atoms with van der Waals surface area (Å²) in [5.41, 5.74) is -0.0109. The summed E-state index contributed by atoms with van der Waals surface area (Å²) in [6.45, 7) is 0. The van der Waals surface area contributed by atoms with Gasteiger partial charge < -0.3 is 10.1 Å². The van der Waals surface area contributed by atoms with E-state index in [1.54, 1.807) is 31.5 Å². The zero-order valence-electron chi connectivity index (χ0n) is 15.0. The van der Waals surface area contributed by atoms with Gasteiger partial charge in [0.2, 0.25) is 0 Å². The number of benzene rings is 1. The maximum absolute atomic E-state index is 12.6. The molecule has 0 bridgehead atoms. The smallest absolute Gasteiger partial charge is 0.372 e. The largest absolute Gasteiger partial charge is 0.416 e. The first-order valence-corrected chi connectivity index (χ1v) is 8.97. The van der Waals surface area contributed by atoms with Crippen LogP contribution in [-0.4, -0.2) is 18.0 Å². The molecule has 1 aliphatic rings. The van der Waals surface area contributed by atoms with Crippen molar-refractivity contribution in [1.82, 2.24) is 4.98 Å². The van der Waals surface area contributed by atoms with Gasteiger partial charge in [0, 0.05) is 31.0 Å². The van der Waals surface area contributed by atoms with Crippen molar-refractivity contribution in [2.45, 2.75) is 31.0 Å². The Balaban J connectivity index is 1.72. The minimum atomic E-state index is -4.41. The number of ether oxygens (including phenoxy) is 1. The third-order valence-electron chi connectivity index (χ3n) is 4.82. The van der Waals surface area contributed by atoms with Crippen molar-refractivity contribution < 1.29 is 22.7 Å². The Morgan fingerprint density at radius 2 is 1.96 bits per heavy atom. The summed E-state index contributed by atoms with van der Waals surface area (Å²) in [4.78, 5) is 16.8. The molecule has 0 fully saturated rings. The minimum absolute atomic E-state index is 0.301. The fourth-order valence-corrected chi connectivity index (χ4v) is 3.50. The number of carbonyl (C=O) groups is 1. The van der Waals surface area contributed by atoms with Crippen molar-refractivity contribution in [3.63, 3.8) is 0 Å². The molecule has 1 atom stereocenters. The van der Waals surface area contributed by atoms with Gasteiger partial charge >= 0.3 is 6.18 Å². The average molecular weight is 411 g/mol. The van der Waals surface area contributed by atoms with Gasteiger partial charge in [-0.1, -0.05) is 17.7 Å². The van der Waals surface area contributed by atoms with Gasteiger partial charge in [-0.15, -0.1) is 0 Å². The molecule has 28 heavy (non-hydrogen) atoms. The molecule has 4 nitrogen and oxygen atoms in total. The SMILES string of the molecule is COC1(c2ncccc2Cl)CC=C(C(=O)Nc2ccc(C(F)(F)F)cc2)CC1. The summed E-state index contributed by atoms with van der Waals surface area (Å²) in [5.74, 6) is -0.350. The van der Waals surface area contributed by atoms with Gasteiger partial charge in [0.05, 0.1) is 16.3 Å². The highest BCUT2D eigenvalue weighted by Crippen LogP contribution is 2.41. The van der Waals surface area contributed by atoms with Crippen molar-refractivity contribution in [3.8, 4) is 0 Å². The lowest BCUT2D eigenvalue weighted by Gasteiger charge is -2.35. The second-order valence-corrected chi connectivity index (χ2v) is 6.90. The number of alkyl halides is 3. The fraction of sp³-hybridized carbons (Fsp3) is 0.300. The molecule has 0 saturated heterocycles. The zero-order chi connectivity index (χ0) is 20.4. The van der Waals surface area contributed by atoms with Gasteiger partial charge in [-0.05, 0) is 49.2 Å². The Hall–Kier alpha value is -2.38. The topological polar surface area (TPSA) is 51.2 Å². The molecule has 0 radical (unpaired) electrons. The Kier molecular flexibility index (Phi) is 5.76. The quantitative estimate of drug-likeness (QED) is 0.739. The summed E-state index contributed by atoms with van der Waals surface area (Å²) in [5, 5.41) is 3.13. The summed E-state index contributed by atoms with van der Waals surface area (Å²) in [6.07, 6.45) is 0.330. The van der Waals surface area contributed by atoms with Crippen molar-refractivity contribution >= 4 is 23.2 Å². The van der Waals surface area contributed by atoms with E-state index in [9.17, 15) is 18.0 Å². The van der Waals surface area contributed by atoms with Crippen molar-refractivity contribution in [2.24, 2.45) is 0 Å². The molecular formula is C20H18ClF3N2O2. The first-order chi connectivity index (χ1) is 13.2. The van der Waals surface area contributed by atoms with Gasteiger partial charge in [0.25, 0.3) is 5.91 Å². The van der Waals surface area contributed by atoms with E-state index in [2.05, 4.69) is 10.3 Å². The molecule has 1 aromatic heterocycles. The molecule has 148 valence electrons. The summed E-state index contributed by atoms with van der Waals surface area (Å²) in [6, 6.07) is 7.81. The van der Waals surface area contributed by atoms with Crippen LogP contribution < -0.4 is 5.32 Å². The maximum atomic E-state index is 12.6. The third-order valence-corrected chi connectivity index (χ3v) is 5.12. The molecule has 1 aromatic carbocycles. The molecule has 2 aromatic rings. The monoisotopic (exact) mass is 410 g/mol. The number of anilines is 1. The predicted octanol–water partition coefficient (Wildman–Crippen LogP) is 5.34. The van der Waals surface area contributed by atoms with Crippen molar-refractivity contribution in [3.05, 3.63) is 70.5 Å². The number of methoxy groups -OCH3 is 1. The van der Waals surface area contributed by atoms with E-state index in [1.807, 2.05) is 0 Å². The number of aromatic nitrogens is 1. The number of halogens is 4. The third kappa shape index (κ3) is 4.20. The van der Waals surface area contributed by atoms with Crippen molar-refractivity contribution in [2.75, 3.05) is 12.4 Å². The van der Waals surface area contributed by atoms with Crippen LogP contribution in [0.5, 0.6) is 0 Å². The highest BCUT2D eigenvalue weighted by molar-refractivity contribution is 6.31. The van der Waals surface area contributed by atoms with Crippen LogP contribution in [0.4, 0.5) is 18.9 Å². The Bertz CT molecular complexity index is 897. The highest BCUT2D eigenvalue weighted by atomic mass is 35.5. The molecule has 0 aliphatic heterocycles. The summed E-state index contributed by atoms with van der Waals surface area (Å²) >= 11 is 6.25. The predicted molar refractivity (Wildman–Crippen MR) is 99.9 cm³/mol. The number of rotatable bonds is 4. The number of amides is 1. The summed E-state index contributed by atoms with van der Waals surface area (Å²) in [7, 11) is 1.58. The average Bonchev–Trinajstić information content (AvgIpc) is 2.68. The van der Waals surface area contributed by atoms with Crippen LogP contribution in [0, 0.1) is 0 Å². The van der Waals surface area contributed by atoms with E-state index in [1.165, 1.54) is 12.1 Å². The summed E-state index contributed by atoms with van der Waals surface area (Å²) < 4.78 is 43.6. The second-order valence-electron chi connectivity index (χ2n) is 6.49. The Morgan fingerprint density at radius 3 is 2.50 bits per heavy atom. The molecule has 1 amide bonds. The molecule has 0 spiro atoms. The van der Waals surface area contributed by atoms with Gasteiger partial charge in [0.1, 0.15) is 5.60 Å². The molecular weight excluding hydrogens is 393 g/mol. The minimum Gasteiger partial charge on any atom is -0.372 e. The maximum Gasteiger partial charge on any atom is 0.416 e. The van der Waals surface area contributed by atoms with Crippen LogP contribution in [0.1, 0.15) is 30.5 Å². The number of hydrogen-bond donors (Lipinski definition) is 1. The zero-order valence-corrected chi connectivity index (χ0v) is 15.8. The van der Waals surface area contributed by atoms with E-state index < -0.39 is 17.3 Å². The Labute approximate surface area is 165 Å². The van der Waals surface area contributed by atoms with Crippen molar-refractivity contribution in [1.29, 1.82) is 0 Å². The van der Waals surface area contributed by atoms with E-state index in [-0.39, 0.29) is 5.91 Å². The van der Waals surface area contributed by atoms with Crippen LogP contribution in [0.25, 0.3) is 0 Å². The fourth-order valence-electron chi connectivity index (χ4n) is 3.21. The lowest BCUT2D eigenvalue weighted by molar-refractivity contribution is -0.137. The molecule has 8 heteroatoms. The number of carbonyl (C=O) groups excluding carboxylic acids is 1. The second kappa shape index (κ2) is 7.93. The normalized spacial score (nSPS) is 19.8. The van der Waals surface area contributed by atoms with E-state index in [0.29, 0.717) is 41.2 Å². The van der Waals surface area contributed by atoms with Crippen LogP contribution in [0.15, 0.2) is 54.2 Å². The number of hydrogen-bond acceptors (Lipinski definition) is 3.